The van der Waals surface area contributed by atoms with Crippen molar-refractivity contribution in [3.63, 3.8) is 0 Å². The number of carbonyl (C=O) groups excluding carboxylic acids is 1. The molecule has 0 saturated carbocycles. The lowest BCUT2D eigenvalue weighted by atomic mass is 10.2. The smallest absolute Gasteiger partial charge is 0.266 e. The number of imidazole rings is 1. The van der Waals surface area contributed by atoms with Crippen LogP contribution in [0.25, 0.3) is 10.2 Å². The van der Waals surface area contributed by atoms with Gasteiger partial charge in [-0.05, 0) is 43.2 Å². The van der Waals surface area contributed by atoms with Gasteiger partial charge in [-0.15, -0.1) is 0 Å². The minimum atomic E-state index is -0.493. The van der Waals surface area contributed by atoms with Crippen LogP contribution in [0, 0.1) is 12.7 Å². The zero-order chi connectivity index (χ0) is 20.9. The first-order valence-corrected chi connectivity index (χ1v) is 10.4. The van der Waals surface area contributed by atoms with Crippen molar-refractivity contribution in [3.8, 4) is 5.75 Å². The lowest BCUT2D eigenvalue weighted by Crippen LogP contribution is -2.36. The predicted molar refractivity (Wildman–Crippen MR) is 115 cm³/mol. The van der Waals surface area contributed by atoms with Gasteiger partial charge in [0.25, 0.3) is 5.91 Å². The Morgan fingerprint density at radius 2 is 2.13 bits per heavy atom. The molecule has 0 radical (unpaired) electrons. The molecule has 0 bridgehead atoms. The van der Waals surface area contributed by atoms with Crippen LogP contribution < -0.4 is 9.64 Å². The molecule has 0 aliphatic carbocycles. The van der Waals surface area contributed by atoms with E-state index in [2.05, 4.69) is 16.0 Å². The molecule has 0 aliphatic rings. The monoisotopic (exact) mass is 424 g/mol. The number of hydrogen-bond acceptors (Lipinski definition) is 5. The largest absolute Gasteiger partial charge is 0.481 e. The lowest BCUT2D eigenvalue weighted by molar-refractivity contribution is -0.120. The summed E-state index contributed by atoms with van der Waals surface area (Å²) in [6.45, 7) is 2.95. The van der Waals surface area contributed by atoms with Crippen molar-refractivity contribution in [3.05, 3.63) is 72.6 Å². The molecule has 154 valence electrons. The van der Waals surface area contributed by atoms with Crippen molar-refractivity contribution in [2.24, 2.45) is 0 Å². The summed E-state index contributed by atoms with van der Waals surface area (Å²) in [7, 11) is 0. The van der Waals surface area contributed by atoms with Gasteiger partial charge < -0.3 is 9.30 Å². The number of halogens is 1. The average molecular weight is 425 g/mol. The van der Waals surface area contributed by atoms with Gasteiger partial charge in [0.05, 0.1) is 16.5 Å². The highest BCUT2D eigenvalue weighted by Crippen LogP contribution is 2.30. The molecule has 0 saturated heterocycles. The molecule has 2 aromatic carbocycles. The lowest BCUT2D eigenvalue weighted by Gasteiger charge is -2.20. The summed E-state index contributed by atoms with van der Waals surface area (Å²) in [5, 5.41) is 0.614. The second kappa shape index (κ2) is 9.04. The molecule has 0 N–H and O–H groups in total. The molecule has 0 unspecified atom stereocenters. The van der Waals surface area contributed by atoms with E-state index in [4.69, 9.17) is 4.74 Å². The number of benzene rings is 2. The first-order chi connectivity index (χ1) is 14.6. The van der Waals surface area contributed by atoms with Crippen LogP contribution >= 0.6 is 11.3 Å². The number of fused-ring (bicyclic) bond motifs is 1. The van der Waals surface area contributed by atoms with Crippen LogP contribution in [0.3, 0.4) is 0 Å². The van der Waals surface area contributed by atoms with Crippen molar-refractivity contribution in [1.82, 2.24) is 14.5 Å². The maximum Gasteiger partial charge on any atom is 0.266 e. The second-order valence-electron chi connectivity index (χ2n) is 6.89. The molecular weight excluding hydrogens is 403 g/mol. The summed E-state index contributed by atoms with van der Waals surface area (Å²) < 4.78 is 22.3. The van der Waals surface area contributed by atoms with Gasteiger partial charge in [-0.3, -0.25) is 9.69 Å². The highest BCUT2D eigenvalue weighted by atomic mass is 32.1. The van der Waals surface area contributed by atoms with E-state index in [-0.39, 0.29) is 18.3 Å². The Kier molecular flexibility index (Phi) is 6.04. The number of carbonyl (C=O) groups is 1. The minimum Gasteiger partial charge on any atom is -0.481 e. The van der Waals surface area contributed by atoms with Crippen molar-refractivity contribution in [2.45, 2.75) is 19.9 Å². The normalized spacial score (nSPS) is 11.0. The number of anilines is 1. The molecule has 0 aliphatic heterocycles. The molecule has 4 aromatic rings. The Labute approximate surface area is 177 Å². The summed E-state index contributed by atoms with van der Waals surface area (Å²) in [6, 6.07) is 12.1. The standard InChI is InChI=1S/C22H21FN4O2S/c1-16-7-8-18-20(13-16)30-22(25-18)27(11-4-10-26-12-9-24-15-26)21(28)14-29-19-6-3-2-5-17(19)23/h2-3,5-9,12-13,15H,4,10-11,14H2,1H3. The molecule has 6 nitrogen and oxygen atoms in total. The van der Waals surface area contributed by atoms with Crippen LogP contribution in [0.1, 0.15) is 12.0 Å². The van der Waals surface area contributed by atoms with Gasteiger partial charge in [0, 0.05) is 25.5 Å². The van der Waals surface area contributed by atoms with Crippen molar-refractivity contribution in [1.29, 1.82) is 0 Å². The highest BCUT2D eigenvalue weighted by Gasteiger charge is 2.20. The third-order valence-electron chi connectivity index (χ3n) is 4.61. The zero-order valence-electron chi connectivity index (χ0n) is 16.5. The minimum absolute atomic E-state index is 0.0594. The third kappa shape index (κ3) is 4.65. The molecule has 2 heterocycles. The Balaban J connectivity index is 1.52. The zero-order valence-corrected chi connectivity index (χ0v) is 17.3. The highest BCUT2D eigenvalue weighted by molar-refractivity contribution is 7.22. The van der Waals surface area contributed by atoms with Crippen LogP contribution in [0.15, 0.2) is 61.2 Å². The number of ether oxygens (including phenoxy) is 1. The Hall–Kier alpha value is -3.26. The number of para-hydroxylation sites is 1. The van der Waals surface area contributed by atoms with E-state index in [0.717, 1.165) is 28.7 Å². The molecule has 8 heteroatoms. The molecule has 1 amide bonds. The van der Waals surface area contributed by atoms with E-state index < -0.39 is 5.82 Å². The van der Waals surface area contributed by atoms with Crippen molar-refractivity contribution >= 4 is 32.6 Å². The summed E-state index contributed by atoms with van der Waals surface area (Å²) in [5.41, 5.74) is 1.99. The van der Waals surface area contributed by atoms with E-state index >= 15 is 0 Å². The fourth-order valence-corrected chi connectivity index (χ4v) is 4.18. The van der Waals surface area contributed by atoms with Crippen molar-refractivity contribution in [2.75, 3.05) is 18.1 Å². The topological polar surface area (TPSA) is 60.2 Å². The predicted octanol–water partition coefficient (Wildman–Crippen LogP) is 4.44. The van der Waals surface area contributed by atoms with Gasteiger partial charge in [0.2, 0.25) is 0 Å². The van der Waals surface area contributed by atoms with Gasteiger partial charge in [-0.2, -0.15) is 0 Å². The van der Waals surface area contributed by atoms with Gasteiger partial charge in [0.15, 0.2) is 23.3 Å². The first kappa shape index (κ1) is 20.0. The SMILES string of the molecule is Cc1ccc2nc(N(CCCn3ccnc3)C(=O)COc3ccccc3F)sc2c1. The number of hydrogen-bond donors (Lipinski definition) is 0. The van der Waals surface area contributed by atoms with Gasteiger partial charge in [0.1, 0.15) is 0 Å². The van der Waals surface area contributed by atoms with Crippen LogP contribution in [0.5, 0.6) is 5.75 Å². The molecular formula is C22H21FN4O2S. The van der Waals surface area contributed by atoms with E-state index in [1.807, 2.05) is 29.8 Å². The van der Waals surface area contributed by atoms with Crippen LogP contribution in [0.4, 0.5) is 9.52 Å². The number of aryl methyl sites for hydroxylation is 2. The number of nitrogens with zero attached hydrogens (tertiary/aromatic N) is 4. The summed E-state index contributed by atoms with van der Waals surface area (Å²) in [6.07, 6.45) is 6.07. The average Bonchev–Trinajstić information content (AvgIpc) is 3.39. The molecule has 4 rings (SSSR count). The first-order valence-electron chi connectivity index (χ1n) is 9.61. The quantitative estimate of drug-likeness (QED) is 0.420. The second-order valence-corrected chi connectivity index (χ2v) is 7.90. The summed E-state index contributed by atoms with van der Waals surface area (Å²) in [5.74, 6) is -0.698. The Bertz CT molecular complexity index is 1140. The Morgan fingerprint density at radius 3 is 2.93 bits per heavy atom. The van der Waals surface area contributed by atoms with E-state index in [1.54, 1.807) is 29.6 Å². The number of aromatic nitrogens is 3. The summed E-state index contributed by atoms with van der Waals surface area (Å²) >= 11 is 1.47. The van der Waals surface area contributed by atoms with Gasteiger partial charge in [-0.25, -0.2) is 14.4 Å². The molecule has 2 aromatic heterocycles. The van der Waals surface area contributed by atoms with Crippen LogP contribution in [-0.2, 0) is 11.3 Å². The Morgan fingerprint density at radius 1 is 1.27 bits per heavy atom. The number of amides is 1. The molecule has 30 heavy (non-hydrogen) atoms. The fraction of sp³-hybridized carbons (Fsp3) is 0.227. The molecule has 0 spiro atoms. The third-order valence-corrected chi connectivity index (χ3v) is 5.65. The number of rotatable bonds is 8. The van der Waals surface area contributed by atoms with E-state index in [9.17, 15) is 9.18 Å². The maximum atomic E-state index is 13.8. The molecule has 0 atom stereocenters. The van der Waals surface area contributed by atoms with Crippen LogP contribution in [-0.4, -0.2) is 33.6 Å². The fourth-order valence-electron chi connectivity index (χ4n) is 3.07. The van der Waals surface area contributed by atoms with Crippen LogP contribution in [0.2, 0.25) is 0 Å². The van der Waals surface area contributed by atoms with Crippen molar-refractivity contribution < 1.29 is 13.9 Å². The van der Waals surface area contributed by atoms with E-state index in [0.29, 0.717) is 11.7 Å². The van der Waals surface area contributed by atoms with E-state index in [1.165, 1.54) is 23.5 Å². The summed E-state index contributed by atoms with van der Waals surface area (Å²) in [4.78, 5) is 23.3. The van der Waals surface area contributed by atoms with Gasteiger partial charge in [-0.1, -0.05) is 29.5 Å². The number of thiazole rings is 1. The molecule has 0 fully saturated rings. The van der Waals surface area contributed by atoms with Gasteiger partial charge >= 0.3 is 0 Å². The maximum absolute atomic E-state index is 13.8.